The number of hydrogen-bond donors (Lipinski definition) is 1. The quantitative estimate of drug-likeness (QED) is 0.821. The molecule has 0 aromatic carbocycles. The molecule has 1 aliphatic rings. The zero-order chi connectivity index (χ0) is 13.2. The molecule has 1 aromatic rings. The molecule has 6 nitrogen and oxygen atoms in total. The van der Waals surface area contributed by atoms with Gasteiger partial charge in [-0.05, 0) is 14.0 Å². The Kier molecular flexibility index (Phi) is 3.82. The molecule has 0 aliphatic carbocycles. The van der Waals surface area contributed by atoms with Gasteiger partial charge in [-0.2, -0.15) is 0 Å². The lowest BCUT2D eigenvalue weighted by atomic mass is 10.3. The van der Waals surface area contributed by atoms with Crippen molar-refractivity contribution >= 4 is 15.7 Å². The van der Waals surface area contributed by atoms with Crippen molar-refractivity contribution in [2.45, 2.75) is 19.5 Å². The van der Waals surface area contributed by atoms with Crippen LogP contribution in [0.2, 0.25) is 0 Å². The van der Waals surface area contributed by atoms with Gasteiger partial charge < -0.3 is 10.2 Å². The van der Waals surface area contributed by atoms with Gasteiger partial charge in [-0.3, -0.25) is 4.98 Å². The molecule has 7 heteroatoms. The van der Waals surface area contributed by atoms with Crippen molar-refractivity contribution in [2.75, 3.05) is 30.0 Å². The fourth-order valence-electron chi connectivity index (χ4n) is 2.11. The predicted octanol–water partition coefficient (Wildman–Crippen LogP) is -0.181. The highest BCUT2D eigenvalue weighted by Crippen LogP contribution is 2.18. The highest BCUT2D eigenvalue weighted by atomic mass is 32.2. The fourth-order valence-corrected chi connectivity index (χ4v) is 3.66. The first kappa shape index (κ1) is 13.2. The van der Waals surface area contributed by atoms with Gasteiger partial charge in [0.05, 0.1) is 29.6 Å². The van der Waals surface area contributed by atoms with E-state index in [9.17, 15) is 8.42 Å². The third-order valence-electron chi connectivity index (χ3n) is 3.01. The molecule has 0 saturated carbocycles. The Morgan fingerprint density at radius 3 is 2.78 bits per heavy atom. The van der Waals surface area contributed by atoms with Gasteiger partial charge in [-0.1, -0.05) is 0 Å². The number of rotatable bonds is 3. The Morgan fingerprint density at radius 1 is 1.44 bits per heavy atom. The minimum absolute atomic E-state index is 0.0480. The molecule has 2 heterocycles. The Hall–Kier alpha value is -1.21. The van der Waals surface area contributed by atoms with Gasteiger partial charge in [-0.15, -0.1) is 0 Å². The van der Waals surface area contributed by atoms with Gasteiger partial charge in [0.1, 0.15) is 5.82 Å². The number of nitrogens with zero attached hydrogens (tertiary/aromatic N) is 3. The summed E-state index contributed by atoms with van der Waals surface area (Å²) >= 11 is 0. The summed E-state index contributed by atoms with van der Waals surface area (Å²) in [5.41, 5.74) is 0.874. The van der Waals surface area contributed by atoms with Crippen LogP contribution in [0, 0.1) is 0 Å². The van der Waals surface area contributed by atoms with E-state index < -0.39 is 9.84 Å². The van der Waals surface area contributed by atoms with E-state index in [1.807, 2.05) is 18.9 Å². The molecule has 1 unspecified atom stereocenters. The van der Waals surface area contributed by atoms with Crippen LogP contribution >= 0.6 is 0 Å². The summed E-state index contributed by atoms with van der Waals surface area (Å²) < 4.78 is 23.0. The van der Waals surface area contributed by atoms with Crippen molar-refractivity contribution < 1.29 is 8.42 Å². The monoisotopic (exact) mass is 270 g/mol. The van der Waals surface area contributed by atoms with E-state index >= 15 is 0 Å². The molecule has 0 amide bonds. The van der Waals surface area contributed by atoms with Crippen LogP contribution in [0.4, 0.5) is 5.82 Å². The van der Waals surface area contributed by atoms with Crippen LogP contribution in [0.15, 0.2) is 12.4 Å². The zero-order valence-electron chi connectivity index (χ0n) is 10.6. The maximum atomic E-state index is 11.5. The van der Waals surface area contributed by atoms with Crippen LogP contribution in [0.25, 0.3) is 0 Å². The van der Waals surface area contributed by atoms with E-state index in [1.165, 1.54) is 0 Å². The fraction of sp³-hybridized carbons (Fsp3) is 0.636. The first-order valence-corrected chi connectivity index (χ1v) is 7.76. The molecule has 1 aromatic heterocycles. The Bertz CT molecular complexity index is 500. The highest BCUT2D eigenvalue weighted by molar-refractivity contribution is 7.91. The normalized spacial score (nSPS) is 23.0. The van der Waals surface area contributed by atoms with Crippen molar-refractivity contribution in [2.24, 2.45) is 0 Å². The van der Waals surface area contributed by atoms with Crippen LogP contribution in [0.1, 0.15) is 12.6 Å². The van der Waals surface area contributed by atoms with Crippen molar-refractivity contribution in [3.63, 3.8) is 0 Å². The standard InChI is InChI=1S/C11H18N4O2S/c1-9-8-18(16,17)4-3-15(9)11-7-13-10(5-12-2)6-14-11/h6-7,9,12H,3-5,8H2,1-2H3. The number of nitrogens with one attached hydrogen (secondary N) is 1. The molecule has 18 heavy (non-hydrogen) atoms. The highest BCUT2D eigenvalue weighted by Gasteiger charge is 2.28. The van der Waals surface area contributed by atoms with Crippen LogP contribution in [-0.4, -0.2) is 49.5 Å². The predicted molar refractivity (Wildman–Crippen MR) is 70.3 cm³/mol. The van der Waals surface area contributed by atoms with Gasteiger partial charge in [0.2, 0.25) is 0 Å². The largest absolute Gasteiger partial charge is 0.351 e. The summed E-state index contributed by atoms with van der Waals surface area (Å²) in [4.78, 5) is 10.6. The second-order valence-electron chi connectivity index (χ2n) is 4.55. The third kappa shape index (κ3) is 2.97. The van der Waals surface area contributed by atoms with Gasteiger partial charge in [0, 0.05) is 19.1 Å². The average molecular weight is 270 g/mol. The van der Waals surface area contributed by atoms with Gasteiger partial charge in [0.25, 0.3) is 0 Å². The summed E-state index contributed by atoms with van der Waals surface area (Å²) in [6.45, 7) is 3.07. The summed E-state index contributed by atoms with van der Waals surface area (Å²) in [6, 6.07) is -0.0480. The second-order valence-corrected chi connectivity index (χ2v) is 6.78. The van der Waals surface area contributed by atoms with Crippen LogP contribution in [-0.2, 0) is 16.4 Å². The summed E-state index contributed by atoms with van der Waals surface area (Å²) in [5.74, 6) is 1.13. The number of anilines is 1. The van der Waals surface area contributed by atoms with Gasteiger partial charge >= 0.3 is 0 Å². The molecule has 1 fully saturated rings. The Labute approximate surface area is 107 Å². The molecule has 0 radical (unpaired) electrons. The van der Waals surface area contributed by atoms with Crippen LogP contribution in [0.3, 0.4) is 0 Å². The van der Waals surface area contributed by atoms with E-state index in [0.29, 0.717) is 13.1 Å². The second kappa shape index (κ2) is 5.19. The van der Waals surface area contributed by atoms with E-state index in [2.05, 4.69) is 15.3 Å². The summed E-state index contributed by atoms with van der Waals surface area (Å²) in [6.07, 6.45) is 3.43. The van der Waals surface area contributed by atoms with Crippen LogP contribution < -0.4 is 10.2 Å². The van der Waals surface area contributed by atoms with E-state index in [-0.39, 0.29) is 17.5 Å². The molecule has 1 saturated heterocycles. The smallest absolute Gasteiger partial charge is 0.154 e. The van der Waals surface area contributed by atoms with Gasteiger partial charge in [-0.25, -0.2) is 13.4 Å². The summed E-state index contributed by atoms with van der Waals surface area (Å²) in [5, 5.41) is 3.01. The van der Waals surface area contributed by atoms with E-state index in [4.69, 9.17) is 0 Å². The lowest BCUT2D eigenvalue weighted by molar-refractivity contribution is 0.566. The van der Waals surface area contributed by atoms with Crippen molar-refractivity contribution in [3.05, 3.63) is 18.1 Å². The minimum atomic E-state index is -2.89. The third-order valence-corrected chi connectivity index (χ3v) is 4.81. The lowest BCUT2D eigenvalue weighted by Gasteiger charge is -2.33. The van der Waals surface area contributed by atoms with Crippen molar-refractivity contribution in [1.82, 2.24) is 15.3 Å². The van der Waals surface area contributed by atoms with Crippen molar-refractivity contribution in [1.29, 1.82) is 0 Å². The first-order valence-electron chi connectivity index (χ1n) is 5.94. The Morgan fingerprint density at radius 2 is 2.22 bits per heavy atom. The summed E-state index contributed by atoms with van der Waals surface area (Å²) in [7, 11) is -1.04. The molecule has 0 bridgehead atoms. The number of sulfone groups is 1. The van der Waals surface area contributed by atoms with E-state index in [1.54, 1.807) is 12.4 Å². The maximum Gasteiger partial charge on any atom is 0.154 e. The lowest BCUT2D eigenvalue weighted by Crippen LogP contribution is -2.47. The maximum absolute atomic E-state index is 11.5. The number of aromatic nitrogens is 2. The molecule has 100 valence electrons. The molecule has 2 rings (SSSR count). The van der Waals surface area contributed by atoms with Gasteiger partial charge in [0.15, 0.2) is 9.84 Å². The zero-order valence-corrected chi connectivity index (χ0v) is 11.4. The van der Waals surface area contributed by atoms with Crippen LogP contribution in [0.5, 0.6) is 0 Å². The average Bonchev–Trinajstić information content (AvgIpc) is 2.30. The first-order chi connectivity index (χ1) is 8.52. The number of hydrogen-bond acceptors (Lipinski definition) is 6. The SMILES string of the molecule is CNCc1cnc(N2CCS(=O)(=O)CC2C)cn1. The molecule has 1 aliphatic heterocycles. The van der Waals surface area contributed by atoms with Crippen molar-refractivity contribution in [3.8, 4) is 0 Å². The Balaban J connectivity index is 2.12. The molecule has 1 atom stereocenters. The molecule has 1 N–H and O–H groups in total. The minimum Gasteiger partial charge on any atom is -0.351 e. The molecular weight excluding hydrogens is 252 g/mol. The molecule has 0 spiro atoms. The topological polar surface area (TPSA) is 75.2 Å². The van der Waals surface area contributed by atoms with E-state index in [0.717, 1.165) is 11.5 Å². The molecular formula is C11H18N4O2S.